The first-order valence-electron chi connectivity index (χ1n) is 7.55. The van der Waals surface area contributed by atoms with Gasteiger partial charge in [-0.05, 0) is 36.8 Å². The van der Waals surface area contributed by atoms with Crippen molar-refractivity contribution in [3.63, 3.8) is 0 Å². The number of carbonyl (C=O) groups is 1. The van der Waals surface area contributed by atoms with E-state index in [-0.39, 0.29) is 24.9 Å². The van der Waals surface area contributed by atoms with Crippen LogP contribution in [-0.4, -0.2) is 19.1 Å². The van der Waals surface area contributed by atoms with E-state index >= 15 is 0 Å². The summed E-state index contributed by atoms with van der Waals surface area (Å²) >= 11 is 0. The van der Waals surface area contributed by atoms with Gasteiger partial charge in [0.15, 0.2) is 6.61 Å². The van der Waals surface area contributed by atoms with Crippen LogP contribution in [0.15, 0.2) is 48.5 Å². The van der Waals surface area contributed by atoms with Crippen LogP contribution in [0.3, 0.4) is 0 Å². The first-order chi connectivity index (χ1) is 11.2. The summed E-state index contributed by atoms with van der Waals surface area (Å²) in [6, 6.07) is 13.4. The second-order valence-corrected chi connectivity index (χ2v) is 4.98. The number of carbonyl (C=O) groups excluding carboxylic acids is 1. The highest BCUT2D eigenvalue weighted by Crippen LogP contribution is 2.17. The van der Waals surface area contributed by atoms with E-state index in [1.165, 1.54) is 6.07 Å². The molecule has 0 saturated heterocycles. The molecule has 0 atom stereocenters. The standard InChI is InChI=1S/C18H20FNO3/c1-2-11-22-15-7-9-16(10-8-15)23-13-18(21)20-12-14-5-3-4-6-17(14)19/h3-10H,2,11-13H2,1H3,(H,20,21). The molecule has 2 aromatic rings. The molecule has 0 aromatic heterocycles. The summed E-state index contributed by atoms with van der Waals surface area (Å²) in [6.45, 7) is 2.72. The quantitative estimate of drug-likeness (QED) is 0.812. The first kappa shape index (κ1) is 16.8. The summed E-state index contributed by atoms with van der Waals surface area (Å²) in [5.41, 5.74) is 0.443. The molecule has 1 N–H and O–H groups in total. The van der Waals surface area contributed by atoms with Gasteiger partial charge in [0.2, 0.25) is 0 Å². The Balaban J connectivity index is 1.75. The summed E-state index contributed by atoms with van der Waals surface area (Å²) in [6.07, 6.45) is 0.945. The van der Waals surface area contributed by atoms with Crippen LogP contribution in [0.2, 0.25) is 0 Å². The number of halogens is 1. The Hall–Kier alpha value is -2.56. The Morgan fingerprint density at radius 2 is 1.70 bits per heavy atom. The van der Waals surface area contributed by atoms with Crippen LogP contribution in [0.1, 0.15) is 18.9 Å². The van der Waals surface area contributed by atoms with Crippen molar-refractivity contribution in [2.75, 3.05) is 13.2 Å². The Morgan fingerprint density at radius 1 is 1.04 bits per heavy atom. The molecule has 0 unspecified atom stereocenters. The maximum Gasteiger partial charge on any atom is 0.258 e. The van der Waals surface area contributed by atoms with Gasteiger partial charge >= 0.3 is 0 Å². The van der Waals surface area contributed by atoms with Crippen molar-refractivity contribution in [3.05, 3.63) is 59.9 Å². The highest BCUT2D eigenvalue weighted by molar-refractivity contribution is 5.77. The van der Waals surface area contributed by atoms with Gasteiger partial charge in [-0.1, -0.05) is 25.1 Å². The molecule has 0 aliphatic carbocycles. The molecule has 0 aliphatic heterocycles. The van der Waals surface area contributed by atoms with E-state index < -0.39 is 0 Å². The van der Waals surface area contributed by atoms with E-state index in [4.69, 9.17) is 9.47 Å². The molecule has 5 heteroatoms. The topological polar surface area (TPSA) is 47.6 Å². The lowest BCUT2D eigenvalue weighted by Crippen LogP contribution is -2.28. The zero-order valence-electron chi connectivity index (χ0n) is 13.0. The summed E-state index contributed by atoms with van der Waals surface area (Å²) < 4.78 is 24.3. The van der Waals surface area contributed by atoms with Gasteiger partial charge in [0.1, 0.15) is 17.3 Å². The van der Waals surface area contributed by atoms with Crippen LogP contribution in [0.5, 0.6) is 11.5 Å². The van der Waals surface area contributed by atoms with Crippen molar-refractivity contribution in [1.82, 2.24) is 5.32 Å². The van der Waals surface area contributed by atoms with Crippen LogP contribution in [0, 0.1) is 5.82 Å². The minimum absolute atomic E-state index is 0.121. The second kappa shape index (κ2) is 8.78. The van der Waals surface area contributed by atoms with Crippen LogP contribution in [-0.2, 0) is 11.3 Å². The zero-order valence-corrected chi connectivity index (χ0v) is 13.0. The van der Waals surface area contributed by atoms with Gasteiger partial charge in [-0.25, -0.2) is 4.39 Å². The molecule has 0 spiro atoms. The number of benzene rings is 2. The Bertz CT molecular complexity index is 628. The van der Waals surface area contributed by atoms with Gasteiger partial charge in [-0.15, -0.1) is 0 Å². The Labute approximate surface area is 135 Å². The van der Waals surface area contributed by atoms with Gasteiger partial charge in [-0.2, -0.15) is 0 Å². The lowest BCUT2D eigenvalue weighted by molar-refractivity contribution is -0.123. The summed E-state index contributed by atoms with van der Waals surface area (Å²) in [4.78, 5) is 11.7. The van der Waals surface area contributed by atoms with Gasteiger partial charge in [-0.3, -0.25) is 4.79 Å². The van der Waals surface area contributed by atoms with Crippen molar-refractivity contribution in [3.8, 4) is 11.5 Å². The molecule has 0 bridgehead atoms. The third kappa shape index (κ3) is 5.62. The number of hydrogen-bond acceptors (Lipinski definition) is 3. The fourth-order valence-electron chi connectivity index (χ4n) is 1.89. The predicted molar refractivity (Wildman–Crippen MR) is 86.0 cm³/mol. The van der Waals surface area contributed by atoms with Crippen molar-refractivity contribution >= 4 is 5.91 Å². The average Bonchev–Trinajstić information content (AvgIpc) is 2.58. The van der Waals surface area contributed by atoms with Gasteiger partial charge < -0.3 is 14.8 Å². The highest BCUT2D eigenvalue weighted by atomic mass is 19.1. The number of ether oxygens (including phenoxy) is 2. The predicted octanol–water partition coefficient (Wildman–Crippen LogP) is 3.31. The minimum Gasteiger partial charge on any atom is -0.494 e. The molecule has 0 fully saturated rings. The number of nitrogens with one attached hydrogen (secondary N) is 1. The summed E-state index contributed by atoms with van der Waals surface area (Å²) in [5.74, 6) is 0.703. The van der Waals surface area contributed by atoms with E-state index in [2.05, 4.69) is 5.32 Å². The first-order valence-corrected chi connectivity index (χ1v) is 7.55. The fraction of sp³-hybridized carbons (Fsp3) is 0.278. The van der Waals surface area contributed by atoms with E-state index in [0.717, 1.165) is 12.2 Å². The maximum atomic E-state index is 13.4. The van der Waals surface area contributed by atoms with Crippen molar-refractivity contribution < 1.29 is 18.7 Å². The SMILES string of the molecule is CCCOc1ccc(OCC(=O)NCc2ccccc2F)cc1. The Morgan fingerprint density at radius 3 is 2.35 bits per heavy atom. The van der Waals surface area contributed by atoms with Crippen LogP contribution >= 0.6 is 0 Å². The Kier molecular flexibility index (Phi) is 6.41. The summed E-state index contributed by atoms with van der Waals surface area (Å²) in [7, 11) is 0. The summed E-state index contributed by atoms with van der Waals surface area (Å²) in [5, 5.41) is 2.62. The lowest BCUT2D eigenvalue weighted by atomic mass is 10.2. The molecule has 23 heavy (non-hydrogen) atoms. The van der Waals surface area contributed by atoms with Crippen LogP contribution in [0.4, 0.5) is 4.39 Å². The fourth-order valence-corrected chi connectivity index (χ4v) is 1.89. The van der Waals surface area contributed by atoms with Crippen LogP contribution in [0.25, 0.3) is 0 Å². The molecule has 2 aromatic carbocycles. The molecule has 1 amide bonds. The highest BCUT2D eigenvalue weighted by Gasteiger charge is 2.05. The van der Waals surface area contributed by atoms with Crippen molar-refractivity contribution in [2.45, 2.75) is 19.9 Å². The minimum atomic E-state index is -0.337. The average molecular weight is 317 g/mol. The van der Waals surface area contributed by atoms with Gasteiger partial charge in [0.05, 0.1) is 6.61 Å². The van der Waals surface area contributed by atoms with Gasteiger partial charge in [0, 0.05) is 12.1 Å². The van der Waals surface area contributed by atoms with Gasteiger partial charge in [0.25, 0.3) is 5.91 Å². The molecule has 0 radical (unpaired) electrons. The molecule has 0 saturated carbocycles. The molecule has 4 nitrogen and oxygen atoms in total. The molecular weight excluding hydrogens is 297 g/mol. The van der Waals surface area contributed by atoms with E-state index in [9.17, 15) is 9.18 Å². The number of rotatable bonds is 8. The number of amides is 1. The molecule has 2 rings (SSSR count). The number of hydrogen-bond donors (Lipinski definition) is 1. The lowest BCUT2D eigenvalue weighted by Gasteiger charge is -2.09. The molecule has 0 aliphatic rings. The van der Waals surface area contributed by atoms with E-state index in [1.807, 2.05) is 6.92 Å². The van der Waals surface area contributed by atoms with Crippen molar-refractivity contribution in [1.29, 1.82) is 0 Å². The van der Waals surface area contributed by atoms with E-state index in [1.54, 1.807) is 42.5 Å². The smallest absolute Gasteiger partial charge is 0.258 e. The molecule has 122 valence electrons. The third-order valence-corrected chi connectivity index (χ3v) is 3.10. The molecular formula is C18H20FNO3. The van der Waals surface area contributed by atoms with E-state index in [0.29, 0.717) is 17.9 Å². The normalized spacial score (nSPS) is 10.2. The maximum absolute atomic E-state index is 13.4. The van der Waals surface area contributed by atoms with Crippen LogP contribution < -0.4 is 14.8 Å². The monoisotopic (exact) mass is 317 g/mol. The third-order valence-electron chi connectivity index (χ3n) is 3.10. The zero-order chi connectivity index (χ0) is 16.5. The second-order valence-electron chi connectivity index (χ2n) is 4.98. The largest absolute Gasteiger partial charge is 0.494 e. The van der Waals surface area contributed by atoms with Crippen molar-refractivity contribution in [2.24, 2.45) is 0 Å². The molecule has 0 heterocycles.